The number of carbonyl (C=O) groups excluding carboxylic acids is 3. The van der Waals surface area contributed by atoms with Crippen LogP contribution in [0.2, 0.25) is 0 Å². The largest absolute Gasteiger partial charge is 0.469 e. The molecule has 0 bridgehead atoms. The Morgan fingerprint density at radius 1 is 1.13 bits per heavy atom. The number of halogens is 2. The second-order valence-corrected chi connectivity index (χ2v) is 8.11. The van der Waals surface area contributed by atoms with Crippen molar-refractivity contribution in [1.82, 2.24) is 15.1 Å². The van der Waals surface area contributed by atoms with Gasteiger partial charge in [0.15, 0.2) is 5.75 Å². The van der Waals surface area contributed by atoms with Gasteiger partial charge >= 0.3 is 5.97 Å². The standard InChI is InChI=1S/C20H18Br2N4O5/c1-23-20(29)18-12-8-11(4-5-15(12)25-26(18)2)31-19-13(21)6-10(7-14(19)22)24-16(27)9-17(28)30-3/h4-8H,9H2,1-3H3,(H,23,29)(H,24,27). The minimum Gasteiger partial charge on any atom is -0.469 e. The van der Waals surface area contributed by atoms with E-state index < -0.39 is 11.9 Å². The number of aryl methyl sites for hydroxylation is 1. The molecule has 0 spiro atoms. The number of benzene rings is 2. The van der Waals surface area contributed by atoms with Crippen molar-refractivity contribution in [2.45, 2.75) is 6.42 Å². The van der Waals surface area contributed by atoms with Crippen LogP contribution in [0.4, 0.5) is 5.69 Å². The molecule has 0 saturated carbocycles. The lowest BCUT2D eigenvalue weighted by Crippen LogP contribution is -2.21. The van der Waals surface area contributed by atoms with Gasteiger partial charge in [0, 0.05) is 25.2 Å². The number of amides is 2. The summed E-state index contributed by atoms with van der Waals surface area (Å²) >= 11 is 6.87. The van der Waals surface area contributed by atoms with E-state index in [-0.39, 0.29) is 12.3 Å². The van der Waals surface area contributed by atoms with Crippen molar-refractivity contribution < 1.29 is 23.9 Å². The number of aromatic nitrogens is 2. The average molecular weight is 554 g/mol. The predicted molar refractivity (Wildman–Crippen MR) is 121 cm³/mol. The second-order valence-electron chi connectivity index (χ2n) is 6.40. The lowest BCUT2D eigenvalue weighted by Gasteiger charge is -2.13. The number of methoxy groups -OCH3 is 1. The van der Waals surface area contributed by atoms with Crippen molar-refractivity contribution in [3.63, 3.8) is 0 Å². The van der Waals surface area contributed by atoms with Gasteiger partial charge < -0.3 is 20.1 Å². The Morgan fingerprint density at radius 2 is 1.81 bits per heavy atom. The van der Waals surface area contributed by atoms with Crippen molar-refractivity contribution in [3.8, 4) is 11.5 Å². The van der Waals surface area contributed by atoms with Crippen molar-refractivity contribution >= 4 is 66.2 Å². The average Bonchev–Trinajstić information content (AvgIpc) is 3.04. The molecule has 0 aliphatic heterocycles. The molecule has 1 aromatic heterocycles. The summed E-state index contributed by atoms with van der Waals surface area (Å²) < 4.78 is 13.1. The van der Waals surface area contributed by atoms with Gasteiger partial charge in [0.2, 0.25) is 5.91 Å². The molecule has 0 atom stereocenters. The summed E-state index contributed by atoms with van der Waals surface area (Å²) in [5, 5.41) is 10.2. The first-order valence-electron chi connectivity index (χ1n) is 8.96. The molecule has 0 radical (unpaired) electrons. The summed E-state index contributed by atoms with van der Waals surface area (Å²) in [7, 11) is 4.47. The molecular formula is C20H18Br2N4O5. The summed E-state index contributed by atoms with van der Waals surface area (Å²) in [4.78, 5) is 35.3. The van der Waals surface area contributed by atoms with Crippen molar-refractivity contribution in [2.24, 2.45) is 7.05 Å². The van der Waals surface area contributed by atoms with Gasteiger partial charge in [-0.1, -0.05) is 0 Å². The van der Waals surface area contributed by atoms with Crippen molar-refractivity contribution in [2.75, 3.05) is 19.5 Å². The zero-order valence-corrected chi connectivity index (χ0v) is 20.0. The van der Waals surface area contributed by atoms with E-state index in [2.05, 4.69) is 52.3 Å². The van der Waals surface area contributed by atoms with Gasteiger partial charge in [-0.2, -0.15) is 5.10 Å². The number of fused-ring (bicyclic) bond motifs is 1. The SMILES string of the molecule is CNC(=O)c1c2cc(Oc3c(Br)cc(NC(=O)CC(=O)OC)cc3Br)ccc2nn1C. The predicted octanol–water partition coefficient (Wildman–Crippen LogP) is 3.75. The van der Waals surface area contributed by atoms with E-state index in [0.717, 1.165) is 0 Å². The Kier molecular flexibility index (Phi) is 6.96. The fourth-order valence-electron chi connectivity index (χ4n) is 2.88. The third kappa shape index (κ3) is 5.05. The van der Waals surface area contributed by atoms with Gasteiger partial charge in [0.1, 0.15) is 17.9 Å². The summed E-state index contributed by atoms with van der Waals surface area (Å²) in [6.07, 6.45) is -0.386. The van der Waals surface area contributed by atoms with Crippen LogP contribution in [0.3, 0.4) is 0 Å². The number of esters is 1. The molecule has 162 valence electrons. The maximum Gasteiger partial charge on any atom is 0.315 e. The fourth-order valence-corrected chi connectivity index (χ4v) is 4.23. The Balaban J connectivity index is 1.87. The molecule has 2 N–H and O–H groups in total. The minimum absolute atomic E-state index is 0.253. The molecule has 0 aliphatic carbocycles. The monoisotopic (exact) mass is 552 g/mol. The molecule has 2 aromatic carbocycles. The number of anilines is 1. The molecule has 0 aliphatic rings. The molecule has 1 heterocycles. The highest BCUT2D eigenvalue weighted by atomic mass is 79.9. The maximum atomic E-state index is 12.2. The van der Waals surface area contributed by atoms with Gasteiger partial charge in [-0.25, -0.2) is 0 Å². The zero-order valence-electron chi connectivity index (χ0n) is 16.8. The Morgan fingerprint density at radius 3 is 2.42 bits per heavy atom. The third-order valence-corrected chi connectivity index (χ3v) is 5.46. The van der Waals surface area contributed by atoms with E-state index in [1.807, 2.05) is 0 Å². The minimum atomic E-state index is -0.627. The lowest BCUT2D eigenvalue weighted by atomic mass is 10.2. The molecule has 0 saturated heterocycles. The molecular weight excluding hydrogens is 536 g/mol. The summed E-state index contributed by atoms with van der Waals surface area (Å²) in [6.45, 7) is 0. The smallest absolute Gasteiger partial charge is 0.315 e. The highest BCUT2D eigenvalue weighted by Gasteiger charge is 2.18. The topological polar surface area (TPSA) is 112 Å². The van der Waals surface area contributed by atoms with Crippen molar-refractivity contribution in [3.05, 3.63) is 45.0 Å². The number of nitrogens with one attached hydrogen (secondary N) is 2. The van der Waals surface area contributed by atoms with Gasteiger partial charge in [-0.05, 0) is 62.2 Å². The van der Waals surface area contributed by atoms with Crippen LogP contribution in [0, 0.1) is 0 Å². The lowest BCUT2D eigenvalue weighted by molar-refractivity contribution is -0.142. The Hall–Kier alpha value is -2.92. The van der Waals surface area contributed by atoms with E-state index in [1.165, 1.54) is 11.8 Å². The van der Waals surface area contributed by atoms with Gasteiger partial charge in [-0.15, -0.1) is 0 Å². The van der Waals surface area contributed by atoms with Crippen LogP contribution in [0.15, 0.2) is 39.3 Å². The normalized spacial score (nSPS) is 10.6. The van der Waals surface area contributed by atoms with Gasteiger partial charge in [0.25, 0.3) is 5.91 Å². The second kappa shape index (κ2) is 9.48. The first kappa shape index (κ1) is 22.8. The van der Waals surface area contributed by atoms with E-state index in [4.69, 9.17) is 4.74 Å². The number of ether oxygens (including phenoxy) is 2. The molecule has 9 nitrogen and oxygen atoms in total. The van der Waals surface area contributed by atoms with E-state index in [1.54, 1.807) is 44.4 Å². The van der Waals surface area contributed by atoms with Crippen LogP contribution in [0.1, 0.15) is 16.9 Å². The molecule has 0 fully saturated rings. The molecule has 2 amide bonds. The van der Waals surface area contributed by atoms with Crippen LogP contribution in [0.25, 0.3) is 10.9 Å². The van der Waals surface area contributed by atoms with Gasteiger partial charge in [-0.3, -0.25) is 19.1 Å². The van der Waals surface area contributed by atoms with Crippen LogP contribution >= 0.6 is 31.9 Å². The van der Waals surface area contributed by atoms with Crippen LogP contribution in [-0.2, 0) is 21.4 Å². The fraction of sp³-hybridized carbons (Fsp3) is 0.200. The molecule has 0 unspecified atom stereocenters. The van der Waals surface area contributed by atoms with E-state index >= 15 is 0 Å². The van der Waals surface area contributed by atoms with E-state index in [0.29, 0.717) is 42.7 Å². The van der Waals surface area contributed by atoms with Crippen LogP contribution < -0.4 is 15.4 Å². The van der Waals surface area contributed by atoms with Crippen molar-refractivity contribution in [1.29, 1.82) is 0 Å². The number of rotatable bonds is 6. The quantitative estimate of drug-likeness (QED) is 0.355. The highest BCUT2D eigenvalue weighted by Crippen LogP contribution is 2.40. The van der Waals surface area contributed by atoms with Crippen LogP contribution in [0.5, 0.6) is 11.5 Å². The highest BCUT2D eigenvalue weighted by molar-refractivity contribution is 9.11. The van der Waals surface area contributed by atoms with E-state index in [9.17, 15) is 14.4 Å². The molecule has 3 aromatic rings. The molecule has 3 rings (SSSR count). The molecule has 31 heavy (non-hydrogen) atoms. The third-order valence-electron chi connectivity index (χ3n) is 4.28. The van der Waals surface area contributed by atoms with Gasteiger partial charge in [0.05, 0.1) is 21.6 Å². The number of carbonyl (C=O) groups is 3. The number of hydrogen-bond donors (Lipinski definition) is 2. The molecule has 11 heteroatoms. The summed E-state index contributed by atoms with van der Waals surface area (Å²) in [5.74, 6) is -0.414. The van der Waals surface area contributed by atoms with Crippen LogP contribution in [-0.4, -0.2) is 41.7 Å². The first-order valence-corrected chi connectivity index (χ1v) is 10.5. The zero-order chi connectivity index (χ0) is 22.7. The summed E-state index contributed by atoms with van der Waals surface area (Å²) in [6, 6.07) is 8.54. The first-order chi connectivity index (χ1) is 14.7. The maximum absolute atomic E-state index is 12.2. The Labute approximate surface area is 194 Å². The number of hydrogen-bond acceptors (Lipinski definition) is 6. The Bertz CT molecular complexity index is 1170. The summed E-state index contributed by atoms with van der Waals surface area (Å²) in [5.41, 5.74) is 1.55. The number of nitrogens with zero attached hydrogens (tertiary/aromatic N) is 2.